The van der Waals surface area contributed by atoms with Crippen molar-refractivity contribution in [3.05, 3.63) is 94.9 Å². The first-order valence-electron chi connectivity index (χ1n) is 15.9. The second-order valence-corrected chi connectivity index (χ2v) is 11.8. The van der Waals surface area contributed by atoms with Gasteiger partial charge >= 0.3 is 6.09 Å². The molecule has 0 aliphatic carbocycles. The second-order valence-electron chi connectivity index (χ2n) is 11.8. The number of benzene rings is 3. The molecule has 2 N–H and O–H groups in total. The lowest BCUT2D eigenvalue weighted by molar-refractivity contribution is 0.145. The molecule has 1 unspecified atom stereocenters. The number of aromatic nitrogens is 2. The normalized spacial score (nSPS) is 14.3. The van der Waals surface area contributed by atoms with Gasteiger partial charge in [0.15, 0.2) is 11.6 Å². The highest BCUT2D eigenvalue weighted by atomic mass is 19.1. The molecule has 254 valence electrons. The molecule has 3 aromatic carbocycles. The van der Waals surface area contributed by atoms with Crippen LogP contribution in [0.3, 0.4) is 0 Å². The Kier molecular flexibility index (Phi) is 11.3. The van der Waals surface area contributed by atoms with Crippen molar-refractivity contribution in [2.45, 2.75) is 26.3 Å². The third kappa shape index (κ3) is 8.12. The SMILES string of the molecule is COc1ccc(OC)c(C(c2c(C)cccc2C)N(C(=O)O)c2ccnc(Nc3ccc(OCCCN4CCN(C)CC4)c(F)c3)n2)c1. The molecule has 1 amide bonds. The van der Waals surface area contributed by atoms with Crippen LogP contribution in [0.5, 0.6) is 17.2 Å². The van der Waals surface area contributed by atoms with Gasteiger partial charge in [-0.15, -0.1) is 0 Å². The summed E-state index contributed by atoms with van der Waals surface area (Å²) < 4.78 is 32.0. The standard InChI is InChI=1S/C36H43FN6O5/c1-24-8-6-9-25(2)33(24)34(28-23-27(46-4)11-13-30(28)47-5)43(36(44)45)32-14-15-38-35(40-32)39-26-10-12-31(29(37)22-26)48-21-7-16-42-19-17-41(3)18-20-42/h6,8-15,22-23,34H,7,16-21H2,1-5H3,(H,44,45)(H,38,39,40). The van der Waals surface area contributed by atoms with E-state index in [9.17, 15) is 9.90 Å². The fourth-order valence-corrected chi connectivity index (χ4v) is 5.99. The molecule has 2 heterocycles. The zero-order valence-electron chi connectivity index (χ0n) is 28.1. The lowest BCUT2D eigenvalue weighted by Gasteiger charge is -2.32. The van der Waals surface area contributed by atoms with Gasteiger partial charge in [0.05, 0.1) is 26.9 Å². The van der Waals surface area contributed by atoms with Crippen molar-refractivity contribution in [1.82, 2.24) is 19.8 Å². The Balaban J connectivity index is 1.38. The number of piperazine rings is 1. The molecule has 1 aliphatic heterocycles. The van der Waals surface area contributed by atoms with E-state index in [0.717, 1.165) is 55.8 Å². The van der Waals surface area contributed by atoms with Gasteiger partial charge in [-0.25, -0.2) is 19.1 Å². The molecular formula is C36H43FN6O5. The largest absolute Gasteiger partial charge is 0.497 e. The second kappa shape index (κ2) is 15.8. The lowest BCUT2D eigenvalue weighted by Crippen LogP contribution is -2.44. The van der Waals surface area contributed by atoms with Crippen molar-refractivity contribution in [3.8, 4) is 17.2 Å². The van der Waals surface area contributed by atoms with E-state index < -0.39 is 18.0 Å². The van der Waals surface area contributed by atoms with Crippen molar-refractivity contribution in [2.24, 2.45) is 0 Å². The third-order valence-corrected chi connectivity index (χ3v) is 8.56. The molecule has 12 heteroatoms. The minimum atomic E-state index is -1.24. The van der Waals surface area contributed by atoms with Crippen LogP contribution in [-0.4, -0.2) is 91.6 Å². The van der Waals surface area contributed by atoms with Crippen LogP contribution in [0.1, 0.15) is 34.7 Å². The summed E-state index contributed by atoms with van der Waals surface area (Å²) in [5.74, 6) is 0.869. The van der Waals surface area contributed by atoms with Crippen LogP contribution in [-0.2, 0) is 0 Å². The summed E-state index contributed by atoms with van der Waals surface area (Å²) in [4.78, 5) is 27.9. The molecule has 11 nitrogen and oxygen atoms in total. The minimum absolute atomic E-state index is 0.0943. The van der Waals surface area contributed by atoms with Gasteiger partial charge in [0, 0.05) is 56.2 Å². The van der Waals surface area contributed by atoms with E-state index in [4.69, 9.17) is 14.2 Å². The zero-order valence-corrected chi connectivity index (χ0v) is 28.1. The van der Waals surface area contributed by atoms with Gasteiger partial charge in [0.25, 0.3) is 0 Å². The molecule has 1 fully saturated rings. The average molecular weight is 659 g/mol. The van der Waals surface area contributed by atoms with Crippen LogP contribution in [0.25, 0.3) is 0 Å². The molecule has 0 saturated carbocycles. The summed E-state index contributed by atoms with van der Waals surface area (Å²) in [6.45, 7) is 9.34. The highest BCUT2D eigenvalue weighted by molar-refractivity contribution is 5.87. The van der Waals surface area contributed by atoms with Gasteiger partial charge in [-0.2, -0.15) is 4.98 Å². The summed E-state index contributed by atoms with van der Waals surface area (Å²) in [6, 6.07) is 16.3. The quantitative estimate of drug-likeness (QED) is 0.159. The Labute approximate surface area is 280 Å². The van der Waals surface area contributed by atoms with E-state index in [1.165, 1.54) is 30.3 Å². The number of halogens is 1. The molecule has 0 radical (unpaired) electrons. The number of hydrogen-bond acceptors (Lipinski definition) is 9. The van der Waals surface area contributed by atoms with Crippen molar-refractivity contribution in [3.63, 3.8) is 0 Å². The maximum absolute atomic E-state index is 15.1. The number of nitrogens with one attached hydrogen (secondary N) is 1. The van der Waals surface area contributed by atoms with Gasteiger partial charge in [-0.3, -0.25) is 0 Å². The third-order valence-electron chi connectivity index (χ3n) is 8.56. The minimum Gasteiger partial charge on any atom is -0.497 e. The summed E-state index contributed by atoms with van der Waals surface area (Å²) in [5, 5.41) is 13.7. The predicted molar refractivity (Wildman–Crippen MR) is 184 cm³/mol. The Morgan fingerprint density at radius 3 is 2.40 bits per heavy atom. The smallest absolute Gasteiger partial charge is 0.413 e. The number of methoxy groups -OCH3 is 2. The number of rotatable bonds is 13. The zero-order chi connectivity index (χ0) is 34.2. The highest BCUT2D eigenvalue weighted by Gasteiger charge is 2.34. The first-order chi connectivity index (χ1) is 23.2. The monoisotopic (exact) mass is 658 g/mol. The summed E-state index contributed by atoms with van der Waals surface area (Å²) in [7, 11) is 5.21. The van der Waals surface area contributed by atoms with Crippen molar-refractivity contribution < 1.29 is 28.5 Å². The van der Waals surface area contributed by atoms with E-state index in [2.05, 4.69) is 32.1 Å². The number of ether oxygens (including phenoxy) is 3. The Bertz CT molecular complexity index is 1690. The Morgan fingerprint density at radius 2 is 1.73 bits per heavy atom. The van der Waals surface area contributed by atoms with E-state index in [1.807, 2.05) is 32.0 Å². The number of nitrogens with zero attached hydrogens (tertiary/aromatic N) is 5. The molecule has 0 spiro atoms. The van der Waals surface area contributed by atoms with Gasteiger partial charge in [0.2, 0.25) is 5.95 Å². The lowest BCUT2D eigenvalue weighted by atomic mass is 9.89. The fraction of sp³-hybridized carbons (Fsp3) is 0.361. The average Bonchev–Trinajstić information content (AvgIpc) is 3.07. The number of amides is 1. The highest BCUT2D eigenvalue weighted by Crippen LogP contribution is 2.41. The molecule has 1 aliphatic rings. The topological polar surface area (TPSA) is 113 Å². The summed E-state index contributed by atoms with van der Waals surface area (Å²) >= 11 is 0. The van der Waals surface area contributed by atoms with Crippen LogP contribution in [0.15, 0.2) is 66.9 Å². The summed E-state index contributed by atoms with van der Waals surface area (Å²) in [6.07, 6.45) is 1.02. The Hall–Kier alpha value is -4.94. The van der Waals surface area contributed by atoms with E-state index in [0.29, 0.717) is 29.4 Å². The summed E-state index contributed by atoms with van der Waals surface area (Å²) in [5.41, 5.74) is 3.52. The van der Waals surface area contributed by atoms with Crippen LogP contribution in [0.4, 0.5) is 26.6 Å². The number of hydrogen-bond donors (Lipinski definition) is 2. The van der Waals surface area contributed by atoms with Gasteiger partial charge in [-0.05, 0) is 80.4 Å². The first-order valence-corrected chi connectivity index (χ1v) is 15.9. The number of carboxylic acid groups (broad SMARTS) is 1. The van der Waals surface area contributed by atoms with Crippen LogP contribution in [0.2, 0.25) is 0 Å². The fourth-order valence-electron chi connectivity index (χ4n) is 5.99. The maximum Gasteiger partial charge on any atom is 0.413 e. The molecule has 4 aromatic rings. The Morgan fingerprint density at radius 1 is 1.00 bits per heavy atom. The van der Waals surface area contributed by atoms with Gasteiger partial charge < -0.3 is 34.4 Å². The number of carbonyl (C=O) groups is 1. The molecular weight excluding hydrogens is 615 g/mol. The number of likely N-dealkylation sites (N-methyl/N-ethyl adjacent to an activating group) is 1. The van der Waals surface area contributed by atoms with Crippen molar-refractivity contribution in [1.29, 1.82) is 0 Å². The molecule has 0 bridgehead atoms. The van der Waals surface area contributed by atoms with E-state index in [-0.39, 0.29) is 17.5 Å². The van der Waals surface area contributed by atoms with Gasteiger partial charge in [0.1, 0.15) is 17.3 Å². The first kappa shape index (κ1) is 34.4. The molecule has 1 aromatic heterocycles. The van der Waals surface area contributed by atoms with E-state index in [1.54, 1.807) is 37.4 Å². The number of anilines is 3. The molecule has 1 atom stereocenters. The number of aryl methyl sites for hydroxylation is 2. The van der Waals surface area contributed by atoms with E-state index >= 15 is 4.39 Å². The maximum atomic E-state index is 15.1. The van der Waals surface area contributed by atoms with Crippen LogP contribution < -0.4 is 24.4 Å². The van der Waals surface area contributed by atoms with Crippen molar-refractivity contribution in [2.75, 3.05) is 70.8 Å². The molecule has 5 rings (SSSR count). The van der Waals surface area contributed by atoms with Crippen molar-refractivity contribution >= 4 is 23.5 Å². The van der Waals surface area contributed by atoms with Crippen LogP contribution in [0, 0.1) is 19.7 Å². The molecule has 48 heavy (non-hydrogen) atoms. The predicted octanol–water partition coefficient (Wildman–Crippen LogP) is 6.28. The molecule has 1 saturated heterocycles. The van der Waals surface area contributed by atoms with Crippen LogP contribution >= 0.6 is 0 Å². The van der Waals surface area contributed by atoms with Gasteiger partial charge in [-0.1, -0.05) is 18.2 Å².